The van der Waals surface area contributed by atoms with E-state index in [1.807, 2.05) is 0 Å². The molecule has 0 spiro atoms. The quantitative estimate of drug-likeness (QED) is 0.856. The third kappa shape index (κ3) is 4.12. The van der Waals surface area contributed by atoms with E-state index in [-0.39, 0.29) is 0 Å². The van der Waals surface area contributed by atoms with Gasteiger partial charge in [-0.3, -0.25) is 4.90 Å². The summed E-state index contributed by atoms with van der Waals surface area (Å²) in [6.45, 7) is 5.18. The first-order valence-electron chi connectivity index (χ1n) is 8.49. The van der Waals surface area contributed by atoms with Crippen molar-refractivity contribution in [2.45, 2.75) is 62.7 Å². The van der Waals surface area contributed by atoms with Crippen LogP contribution in [0.15, 0.2) is 0 Å². The number of piperazine rings is 1. The summed E-state index contributed by atoms with van der Waals surface area (Å²) in [5.41, 5.74) is 0. The molecule has 2 atom stereocenters. The molecular weight excluding hydrogens is 252 g/mol. The summed E-state index contributed by atoms with van der Waals surface area (Å²) in [6, 6.07) is 0.794. The van der Waals surface area contributed by atoms with E-state index in [2.05, 4.69) is 22.0 Å². The summed E-state index contributed by atoms with van der Waals surface area (Å²) >= 11 is 2.23. The average molecular weight is 282 g/mol. The molecule has 2 unspecified atom stereocenters. The first kappa shape index (κ1) is 14.2. The van der Waals surface area contributed by atoms with Gasteiger partial charge in [0.2, 0.25) is 0 Å². The Morgan fingerprint density at radius 3 is 2.63 bits per heavy atom. The molecule has 2 saturated heterocycles. The Morgan fingerprint density at radius 2 is 1.84 bits per heavy atom. The molecule has 3 heteroatoms. The third-order valence-corrected chi connectivity index (χ3v) is 6.62. The maximum absolute atomic E-state index is 3.81. The molecule has 0 aromatic carbocycles. The molecule has 110 valence electrons. The second kappa shape index (κ2) is 7.33. The van der Waals surface area contributed by atoms with Gasteiger partial charge < -0.3 is 5.32 Å². The van der Waals surface area contributed by atoms with E-state index < -0.39 is 0 Å². The van der Waals surface area contributed by atoms with E-state index in [1.165, 1.54) is 83.3 Å². The van der Waals surface area contributed by atoms with Crippen molar-refractivity contribution < 1.29 is 0 Å². The van der Waals surface area contributed by atoms with E-state index in [0.717, 1.165) is 17.2 Å². The molecule has 1 saturated carbocycles. The molecule has 19 heavy (non-hydrogen) atoms. The number of rotatable bonds is 3. The minimum absolute atomic E-state index is 0.794. The van der Waals surface area contributed by atoms with Crippen LogP contribution in [0.3, 0.4) is 0 Å². The van der Waals surface area contributed by atoms with Gasteiger partial charge in [-0.15, -0.1) is 0 Å². The van der Waals surface area contributed by atoms with E-state index in [0.29, 0.717) is 0 Å². The molecule has 0 aromatic heterocycles. The fourth-order valence-corrected chi connectivity index (χ4v) is 5.45. The Morgan fingerprint density at radius 1 is 1.00 bits per heavy atom. The lowest BCUT2D eigenvalue weighted by molar-refractivity contribution is 0.145. The summed E-state index contributed by atoms with van der Waals surface area (Å²) in [4.78, 5) is 2.76. The molecule has 2 heterocycles. The second-order valence-corrected chi connectivity index (χ2v) is 8.12. The van der Waals surface area contributed by atoms with Crippen LogP contribution in [0.2, 0.25) is 0 Å². The van der Waals surface area contributed by atoms with Crippen molar-refractivity contribution in [1.29, 1.82) is 0 Å². The van der Waals surface area contributed by atoms with Crippen molar-refractivity contribution in [3.63, 3.8) is 0 Å². The SMILES string of the molecule is C1CCC(C2CN(CC3CCCCS3)CCN2)CC1. The summed E-state index contributed by atoms with van der Waals surface area (Å²) in [6.07, 6.45) is 11.8. The van der Waals surface area contributed by atoms with Gasteiger partial charge >= 0.3 is 0 Å². The van der Waals surface area contributed by atoms with Gasteiger partial charge in [0.25, 0.3) is 0 Å². The monoisotopic (exact) mass is 282 g/mol. The van der Waals surface area contributed by atoms with E-state index in [4.69, 9.17) is 0 Å². The van der Waals surface area contributed by atoms with Gasteiger partial charge in [-0.2, -0.15) is 11.8 Å². The molecule has 3 aliphatic rings. The minimum atomic E-state index is 0.794. The molecule has 1 aliphatic carbocycles. The number of nitrogens with zero attached hydrogens (tertiary/aromatic N) is 1. The molecule has 3 rings (SSSR count). The lowest BCUT2D eigenvalue weighted by Gasteiger charge is -2.40. The van der Waals surface area contributed by atoms with Crippen molar-refractivity contribution in [2.75, 3.05) is 31.9 Å². The highest BCUT2D eigenvalue weighted by Gasteiger charge is 2.29. The molecule has 2 nitrogen and oxygen atoms in total. The number of hydrogen-bond donors (Lipinski definition) is 1. The number of nitrogens with one attached hydrogen (secondary N) is 1. The molecule has 0 aromatic rings. The van der Waals surface area contributed by atoms with E-state index >= 15 is 0 Å². The molecule has 2 aliphatic heterocycles. The maximum atomic E-state index is 3.81. The lowest BCUT2D eigenvalue weighted by atomic mass is 9.83. The van der Waals surface area contributed by atoms with Crippen molar-refractivity contribution >= 4 is 11.8 Å². The Kier molecular flexibility index (Phi) is 5.48. The van der Waals surface area contributed by atoms with E-state index in [9.17, 15) is 0 Å². The van der Waals surface area contributed by atoms with Crippen LogP contribution >= 0.6 is 11.8 Å². The molecule has 0 amide bonds. The van der Waals surface area contributed by atoms with Gasteiger partial charge in [0.15, 0.2) is 0 Å². The van der Waals surface area contributed by atoms with Gasteiger partial charge in [-0.25, -0.2) is 0 Å². The highest BCUT2D eigenvalue weighted by molar-refractivity contribution is 7.99. The van der Waals surface area contributed by atoms with Crippen molar-refractivity contribution in [1.82, 2.24) is 10.2 Å². The van der Waals surface area contributed by atoms with Gasteiger partial charge in [0.1, 0.15) is 0 Å². The van der Waals surface area contributed by atoms with Gasteiger partial charge in [-0.1, -0.05) is 25.7 Å². The van der Waals surface area contributed by atoms with Crippen molar-refractivity contribution in [3.05, 3.63) is 0 Å². The third-order valence-electron chi connectivity index (χ3n) is 5.24. The summed E-state index contributed by atoms with van der Waals surface area (Å²) in [5.74, 6) is 2.37. The molecular formula is C16H30N2S. The fourth-order valence-electron chi connectivity index (χ4n) is 4.10. The standard InChI is InChI=1S/C16H30N2S/c1-2-6-14(7-3-1)16-13-18(10-9-17-16)12-15-8-4-5-11-19-15/h14-17H,1-13H2. The molecule has 0 bridgehead atoms. The zero-order valence-electron chi connectivity index (χ0n) is 12.3. The second-order valence-electron chi connectivity index (χ2n) is 6.71. The Balaban J connectivity index is 1.46. The highest BCUT2D eigenvalue weighted by Crippen LogP contribution is 2.29. The topological polar surface area (TPSA) is 15.3 Å². The summed E-state index contributed by atoms with van der Waals surface area (Å²) in [5, 5.41) is 4.74. The Labute approximate surface area is 123 Å². The number of thioether (sulfide) groups is 1. The molecule has 1 N–H and O–H groups in total. The number of hydrogen-bond acceptors (Lipinski definition) is 3. The van der Waals surface area contributed by atoms with Crippen LogP contribution in [-0.2, 0) is 0 Å². The maximum Gasteiger partial charge on any atom is 0.0223 e. The van der Waals surface area contributed by atoms with E-state index in [1.54, 1.807) is 0 Å². The molecule has 3 fully saturated rings. The van der Waals surface area contributed by atoms with Gasteiger partial charge in [-0.05, 0) is 37.4 Å². The largest absolute Gasteiger partial charge is 0.311 e. The molecule has 0 radical (unpaired) electrons. The Bertz CT molecular complexity index is 259. The predicted octanol–water partition coefficient (Wildman–Crippen LogP) is 3.13. The minimum Gasteiger partial charge on any atom is -0.311 e. The lowest BCUT2D eigenvalue weighted by Crippen LogP contribution is -2.55. The first-order chi connectivity index (χ1) is 9.42. The van der Waals surface area contributed by atoms with Crippen LogP contribution in [-0.4, -0.2) is 48.1 Å². The highest BCUT2D eigenvalue weighted by atomic mass is 32.2. The van der Waals surface area contributed by atoms with Crippen LogP contribution in [0.4, 0.5) is 0 Å². The van der Waals surface area contributed by atoms with Crippen molar-refractivity contribution in [3.8, 4) is 0 Å². The normalized spacial score (nSPS) is 35.4. The zero-order valence-corrected chi connectivity index (χ0v) is 13.1. The van der Waals surface area contributed by atoms with Crippen LogP contribution in [0, 0.1) is 5.92 Å². The smallest absolute Gasteiger partial charge is 0.0223 e. The zero-order chi connectivity index (χ0) is 12.9. The summed E-state index contributed by atoms with van der Waals surface area (Å²) < 4.78 is 0. The Hall–Kier alpha value is 0.270. The predicted molar refractivity (Wildman–Crippen MR) is 84.9 cm³/mol. The first-order valence-corrected chi connectivity index (χ1v) is 9.54. The van der Waals surface area contributed by atoms with Crippen LogP contribution < -0.4 is 5.32 Å². The van der Waals surface area contributed by atoms with Gasteiger partial charge in [0.05, 0.1) is 0 Å². The van der Waals surface area contributed by atoms with Crippen molar-refractivity contribution in [2.24, 2.45) is 5.92 Å². The van der Waals surface area contributed by atoms with Crippen LogP contribution in [0.25, 0.3) is 0 Å². The van der Waals surface area contributed by atoms with Gasteiger partial charge in [0, 0.05) is 37.5 Å². The summed E-state index contributed by atoms with van der Waals surface area (Å²) in [7, 11) is 0. The van der Waals surface area contributed by atoms with Crippen LogP contribution in [0.1, 0.15) is 51.4 Å². The average Bonchev–Trinajstić information content (AvgIpc) is 2.49. The fraction of sp³-hybridized carbons (Fsp3) is 1.00. The van der Waals surface area contributed by atoms with Crippen LogP contribution in [0.5, 0.6) is 0 Å².